The molecule has 1 N–H and O–H groups in total. The maximum atomic E-state index is 10.6. The molecule has 2 aromatic carbocycles. The average molecular weight is 185 g/mol. The van der Waals surface area contributed by atoms with Crippen LogP contribution in [0.15, 0.2) is 36.4 Å². The Morgan fingerprint density at radius 2 is 2.07 bits per heavy atom. The largest absolute Gasteiger partial charge is 0.481 e. The number of aliphatic carboxylic acids is 1. The quantitative estimate of drug-likeness (QED) is 0.779. The van der Waals surface area contributed by atoms with Gasteiger partial charge < -0.3 is 5.11 Å². The second-order valence-electron chi connectivity index (χ2n) is 3.11. The van der Waals surface area contributed by atoms with Gasteiger partial charge in [-0.2, -0.15) is 0 Å². The molecule has 2 heteroatoms. The SMILES string of the molecule is O=C(O)Cc1[c]ccc2ccccc12. The van der Waals surface area contributed by atoms with E-state index in [0.29, 0.717) is 0 Å². The lowest BCUT2D eigenvalue weighted by molar-refractivity contribution is -0.136. The summed E-state index contributed by atoms with van der Waals surface area (Å²) in [5.41, 5.74) is 0.746. The van der Waals surface area contributed by atoms with Crippen molar-refractivity contribution >= 4 is 16.7 Å². The van der Waals surface area contributed by atoms with Crippen molar-refractivity contribution in [3.05, 3.63) is 48.0 Å². The van der Waals surface area contributed by atoms with Crippen LogP contribution in [0.2, 0.25) is 0 Å². The summed E-state index contributed by atoms with van der Waals surface area (Å²) in [5, 5.41) is 10.7. The van der Waals surface area contributed by atoms with E-state index in [4.69, 9.17) is 5.11 Å². The van der Waals surface area contributed by atoms with Crippen LogP contribution in [0.1, 0.15) is 5.56 Å². The molecular weight excluding hydrogens is 176 g/mol. The maximum absolute atomic E-state index is 10.6. The predicted octanol–water partition coefficient (Wildman–Crippen LogP) is 2.27. The highest BCUT2D eigenvalue weighted by Crippen LogP contribution is 2.18. The monoisotopic (exact) mass is 185 g/mol. The minimum absolute atomic E-state index is 0.0291. The van der Waals surface area contributed by atoms with E-state index in [-0.39, 0.29) is 6.42 Å². The van der Waals surface area contributed by atoms with Crippen molar-refractivity contribution in [1.82, 2.24) is 0 Å². The van der Waals surface area contributed by atoms with Crippen LogP contribution in [0, 0.1) is 6.07 Å². The number of carboxylic acids is 1. The number of rotatable bonds is 2. The fourth-order valence-electron chi connectivity index (χ4n) is 1.52. The van der Waals surface area contributed by atoms with Crippen LogP contribution in [-0.2, 0) is 11.2 Å². The fraction of sp³-hybridized carbons (Fsp3) is 0.0833. The number of carboxylic acid groups (broad SMARTS) is 1. The zero-order chi connectivity index (χ0) is 9.97. The van der Waals surface area contributed by atoms with Gasteiger partial charge in [-0.15, -0.1) is 0 Å². The van der Waals surface area contributed by atoms with Gasteiger partial charge in [0.05, 0.1) is 6.42 Å². The minimum Gasteiger partial charge on any atom is -0.481 e. The topological polar surface area (TPSA) is 37.3 Å². The lowest BCUT2D eigenvalue weighted by Gasteiger charge is -2.02. The molecule has 0 aliphatic rings. The van der Waals surface area contributed by atoms with Crippen molar-refractivity contribution in [2.75, 3.05) is 0 Å². The van der Waals surface area contributed by atoms with Crippen LogP contribution in [0.3, 0.4) is 0 Å². The van der Waals surface area contributed by atoms with Crippen molar-refractivity contribution < 1.29 is 9.90 Å². The van der Waals surface area contributed by atoms with Gasteiger partial charge in [0.2, 0.25) is 0 Å². The van der Waals surface area contributed by atoms with E-state index >= 15 is 0 Å². The highest BCUT2D eigenvalue weighted by molar-refractivity contribution is 5.88. The van der Waals surface area contributed by atoms with E-state index < -0.39 is 5.97 Å². The molecule has 0 heterocycles. The van der Waals surface area contributed by atoms with E-state index in [1.54, 1.807) is 6.07 Å². The molecule has 0 saturated carbocycles. The summed E-state index contributed by atoms with van der Waals surface area (Å²) < 4.78 is 0. The van der Waals surface area contributed by atoms with Crippen LogP contribution in [0.5, 0.6) is 0 Å². The third kappa shape index (κ3) is 1.59. The summed E-state index contributed by atoms with van der Waals surface area (Å²) in [4.78, 5) is 10.6. The molecule has 1 radical (unpaired) electrons. The summed E-state index contributed by atoms with van der Waals surface area (Å²) in [6.07, 6.45) is 0.0291. The molecule has 0 aliphatic heterocycles. The Bertz CT molecular complexity index is 469. The van der Waals surface area contributed by atoms with Gasteiger partial charge in [-0.1, -0.05) is 36.4 Å². The normalized spacial score (nSPS) is 10.3. The molecule has 2 rings (SSSR count). The third-order valence-corrected chi connectivity index (χ3v) is 2.13. The molecule has 0 amide bonds. The van der Waals surface area contributed by atoms with Crippen molar-refractivity contribution in [2.45, 2.75) is 6.42 Å². The number of carbonyl (C=O) groups is 1. The molecule has 0 aromatic heterocycles. The highest BCUT2D eigenvalue weighted by atomic mass is 16.4. The Morgan fingerprint density at radius 3 is 2.86 bits per heavy atom. The smallest absolute Gasteiger partial charge is 0.307 e. The Hall–Kier alpha value is -1.83. The Labute approximate surface area is 81.8 Å². The van der Waals surface area contributed by atoms with Gasteiger partial charge in [-0.3, -0.25) is 4.79 Å². The van der Waals surface area contributed by atoms with Gasteiger partial charge in [0.1, 0.15) is 0 Å². The summed E-state index contributed by atoms with van der Waals surface area (Å²) >= 11 is 0. The molecule has 0 unspecified atom stereocenters. The van der Waals surface area contributed by atoms with Crippen LogP contribution < -0.4 is 0 Å². The highest BCUT2D eigenvalue weighted by Gasteiger charge is 2.04. The molecular formula is C12H9O2. The predicted molar refractivity (Wildman–Crippen MR) is 54.1 cm³/mol. The molecule has 0 aliphatic carbocycles. The number of benzene rings is 2. The van der Waals surface area contributed by atoms with Gasteiger partial charge >= 0.3 is 5.97 Å². The summed E-state index contributed by atoms with van der Waals surface area (Å²) in [6.45, 7) is 0. The van der Waals surface area contributed by atoms with Crippen LogP contribution in [-0.4, -0.2) is 11.1 Å². The first-order valence-corrected chi connectivity index (χ1v) is 4.37. The molecule has 69 valence electrons. The summed E-state index contributed by atoms with van der Waals surface area (Å²) in [6, 6.07) is 14.4. The minimum atomic E-state index is -0.822. The first-order valence-electron chi connectivity index (χ1n) is 4.37. The molecule has 0 bridgehead atoms. The number of fused-ring (bicyclic) bond motifs is 1. The molecule has 0 saturated heterocycles. The van der Waals surface area contributed by atoms with Crippen LogP contribution in [0.4, 0.5) is 0 Å². The molecule has 2 nitrogen and oxygen atoms in total. The fourth-order valence-corrected chi connectivity index (χ4v) is 1.52. The van der Waals surface area contributed by atoms with Gasteiger partial charge in [-0.05, 0) is 22.4 Å². The van der Waals surface area contributed by atoms with Gasteiger partial charge in [0, 0.05) is 0 Å². The molecule has 0 fully saturated rings. The van der Waals surface area contributed by atoms with Crippen molar-refractivity contribution in [3.8, 4) is 0 Å². The van der Waals surface area contributed by atoms with E-state index in [0.717, 1.165) is 16.3 Å². The van der Waals surface area contributed by atoms with E-state index in [1.807, 2.05) is 30.3 Å². The van der Waals surface area contributed by atoms with Gasteiger partial charge in [0.15, 0.2) is 0 Å². The van der Waals surface area contributed by atoms with Crippen LogP contribution >= 0.6 is 0 Å². The molecule has 14 heavy (non-hydrogen) atoms. The second-order valence-corrected chi connectivity index (χ2v) is 3.11. The van der Waals surface area contributed by atoms with Crippen LogP contribution in [0.25, 0.3) is 10.8 Å². The van der Waals surface area contributed by atoms with Gasteiger partial charge in [-0.25, -0.2) is 0 Å². The van der Waals surface area contributed by atoms with Gasteiger partial charge in [0.25, 0.3) is 0 Å². The molecule has 0 spiro atoms. The van der Waals surface area contributed by atoms with E-state index in [9.17, 15) is 4.79 Å². The average Bonchev–Trinajstić information content (AvgIpc) is 2.18. The van der Waals surface area contributed by atoms with E-state index in [2.05, 4.69) is 6.07 Å². The third-order valence-electron chi connectivity index (χ3n) is 2.13. The molecule has 2 aromatic rings. The lowest BCUT2D eigenvalue weighted by atomic mass is 10.0. The lowest BCUT2D eigenvalue weighted by Crippen LogP contribution is -2.00. The number of hydrogen-bond acceptors (Lipinski definition) is 1. The Morgan fingerprint density at radius 1 is 1.29 bits per heavy atom. The first-order chi connectivity index (χ1) is 6.77. The molecule has 0 atom stereocenters. The van der Waals surface area contributed by atoms with Crippen molar-refractivity contribution in [3.63, 3.8) is 0 Å². The summed E-state index contributed by atoms with van der Waals surface area (Å²) in [7, 11) is 0. The van der Waals surface area contributed by atoms with E-state index in [1.165, 1.54) is 0 Å². The maximum Gasteiger partial charge on any atom is 0.307 e. The Balaban J connectivity index is 2.59. The van der Waals surface area contributed by atoms with Crippen molar-refractivity contribution in [1.29, 1.82) is 0 Å². The summed E-state index contributed by atoms with van der Waals surface area (Å²) in [5.74, 6) is -0.822. The zero-order valence-electron chi connectivity index (χ0n) is 7.53. The number of hydrogen-bond donors (Lipinski definition) is 1. The Kier molecular flexibility index (Phi) is 2.19. The zero-order valence-corrected chi connectivity index (χ0v) is 7.53. The van der Waals surface area contributed by atoms with Crippen molar-refractivity contribution in [2.24, 2.45) is 0 Å². The first kappa shape index (κ1) is 8.75. The second kappa shape index (κ2) is 3.50. The standard InChI is InChI=1S/C12H9O2/c13-12(14)8-10-6-3-5-9-4-1-2-7-11(9)10/h1-5,7H,8H2,(H,13,14).